The molecule has 5 heteroatoms. The Morgan fingerprint density at radius 3 is 2.48 bits per heavy atom. The standard InChI is InChI=1S/C22H18N4O/c1-15(27)25-18-10-8-16(9-11-18)17-13-19-20(24-14-17)5-4-6-21(19)26-22-7-2-3-12-23-22/h2-14H,1H3,(H,23,26)(H,25,27). The highest BCUT2D eigenvalue weighted by Gasteiger charge is 2.06. The number of fused-ring (bicyclic) bond motifs is 1. The fourth-order valence-corrected chi connectivity index (χ4v) is 2.94. The summed E-state index contributed by atoms with van der Waals surface area (Å²) in [7, 11) is 0. The van der Waals surface area contributed by atoms with E-state index in [2.05, 4.69) is 26.7 Å². The number of nitrogens with zero attached hydrogens (tertiary/aromatic N) is 2. The van der Waals surface area contributed by atoms with Gasteiger partial charge in [-0.05, 0) is 48.0 Å². The fourth-order valence-electron chi connectivity index (χ4n) is 2.94. The molecule has 1 amide bonds. The van der Waals surface area contributed by atoms with Crippen molar-refractivity contribution >= 4 is 34.0 Å². The zero-order chi connectivity index (χ0) is 18.6. The quantitative estimate of drug-likeness (QED) is 0.541. The predicted molar refractivity (Wildman–Crippen MR) is 109 cm³/mol. The van der Waals surface area contributed by atoms with Crippen molar-refractivity contribution in [3.8, 4) is 11.1 Å². The highest BCUT2D eigenvalue weighted by molar-refractivity contribution is 5.95. The maximum Gasteiger partial charge on any atom is 0.221 e. The average molecular weight is 354 g/mol. The molecule has 0 spiro atoms. The van der Waals surface area contributed by atoms with Crippen molar-refractivity contribution in [1.82, 2.24) is 9.97 Å². The fraction of sp³-hybridized carbons (Fsp3) is 0.0455. The lowest BCUT2D eigenvalue weighted by molar-refractivity contribution is -0.114. The van der Waals surface area contributed by atoms with Gasteiger partial charge in [-0.15, -0.1) is 0 Å². The van der Waals surface area contributed by atoms with Crippen LogP contribution in [-0.4, -0.2) is 15.9 Å². The van der Waals surface area contributed by atoms with Gasteiger partial charge in [-0.2, -0.15) is 0 Å². The first kappa shape index (κ1) is 16.7. The van der Waals surface area contributed by atoms with Crippen molar-refractivity contribution in [2.24, 2.45) is 0 Å². The van der Waals surface area contributed by atoms with Crippen LogP contribution in [0.2, 0.25) is 0 Å². The molecule has 0 fully saturated rings. The van der Waals surface area contributed by atoms with Gasteiger partial charge in [-0.1, -0.05) is 24.3 Å². The van der Waals surface area contributed by atoms with Crippen molar-refractivity contribution in [1.29, 1.82) is 0 Å². The SMILES string of the molecule is CC(=O)Nc1ccc(-c2cnc3cccc(Nc4ccccn4)c3c2)cc1. The normalized spacial score (nSPS) is 10.6. The monoisotopic (exact) mass is 354 g/mol. The van der Waals surface area contributed by atoms with Gasteiger partial charge >= 0.3 is 0 Å². The van der Waals surface area contributed by atoms with Crippen molar-refractivity contribution in [3.05, 3.63) is 79.1 Å². The van der Waals surface area contributed by atoms with Crippen molar-refractivity contribution < 1.29 is 4.79 Å². The van der Waals surface area contributed by atoms with E-state index in [4.69, 9.17) is 0 Å². The number of benzene rings is 2. The van der Waals surface area contributed by atoms with Crippen LogP contribution in [0.15, 0.2) is 79.1 Å². The van der Waals surface area contributed by atoms with Crippen LogP contribution in [0.1, 0.15) is 6.92 Å². The number of rotatable bonds is 4. The number of carbonyl (C=O) groups is 1. The van der Waals surface area contributed by atoms with Gasteiger partial charge in [0.05, 0.1) is 5.52 Å². The van der Waals surface area contributed by atoms with Crippen LogP contribution in [0.3, 0.4) is 0 Å². The van der Waals surface area contributed by atoms with E-state index < -0.39 is 0 Å². The van der Waals surface area contributed by atoms with Gasteiger partial charge in [0.25, 0.3) is 0 Å². The molecule has 0 aliphatic heterocycles. The van der Waals surface area contributed by atoms with Crippen molar-refractivity contribution in [3.63, 3.8) is 0 Å². The largest absolute Gasteiger partial charge is 0.340 e. The minimum absolute atomic E-state index is 0.0830. The lowest BCUT2D eigenvalue weighted by Crippen LogP contribution is -2.05. The molecule has 0 radical (unpaired) electrons. The van der Waals surface area contributed by atoms with Gasteiger partial charge in [-0.3, -0.25) is 9.78 Å². The van der Waals surface area contributed by atoms with E-state index in [1.54, 1.807) is 6.20 Å². The third-order valence-electron chi connectivity index (χ3n) is 4.19. The number of anilines is 3. The van der Waals surface area contributed by atoms with Gasteiger partial charge in [0.1, 0.15) is 5.82 Å². The topological polar surface area (TPSA) is 66.9 Å². The Morgan fingerprint density at radius 2 is 1.74 bits per heavy atom. The Hall–Kier alpha value is -3.73. The van der Waals surface area contributed by atoms with Crippen LogP contribution in [-0.2, 0) is 4.79 Å². The summed E-state index contributed by atoms with van der Waals surface area (Å²) in [5, 5.41) is 7.16. The molecule has 2 aromatic carbocycles. The molecule has 0 aliphatic carbocycles. The van der Waals surface area contributed by atoms with E-state index in [0.29, 0.717) is 0 Å². The van der Waals surface area contributed by atoms with E-state index in [9.17, 15) is 4.79 Å². The number of hydrogen-bond donors (Lipinski definition) is 2. The Labute approximate surface area is 157 Å². The molecule has 27 heavy (non-hydrogen) atoms. The maximum atomic E-state index is 11.2. The first-order chi connectivity index (χ1) is 13.2. The summed E-state index contributed by atoms with van der Waals surface area (Å²) in [6.45, 7) is 1.50. The molecule has 2 heterocycles. The zero-order valence-electron chi connectivity index (χ0n) is 14.8. The number of carbonyl (C=O) groups excluding carboxylic acids is 1. The van der Waals surface area contributed by atoms with E-state index in [-0.39, 0.29) is 5.91 Å². The summed E-state index contributed by atoms with van der Waals surface area (Å²) in [6.07, 6.45) is 3.62. The molecule has 0 saturated carbocycles. The van der Waals surface area contributed by atoms with Crippen LogP contribution in [0.25, 0.3) is 22.0 Å². The molecule has 5 nitrogen and oxygen atoms in total. The second-order valence-corrected chi connectivity index (χ2v) is 6.19. The summed E-state index contributed by atoms with van der Waals surface area (Å²) in [5.74, 6) is 0.704. The van der Waals surface area contributed by atoms with Crippen LogP contribution in [0.5, 0.6) is 0 Å². The number of pyridine rings is 2. The molecule has 0 unspecified atom stereocenters. The molecular formula is C22H18N4O. The third kappa shape index (κ3) is 3.77. The molecule has 0 bridgehead atoms. The lowest BCUT2D eigenvalue weighted by atomic mass is 10.0. The van der Waals surface area contributed by atoms with Crippen LogP contribution in [0.4, 0.5) is 17.2 Å². The summed E-state index contributed by atoms with van der Waals surface area (Å²) in [6, 6.07) is 21.6. The van der Waals surface area contributed by atoms with E-state index >= 15 is 0 Å². The minimum atomic E-state index is -0.0830. The van der Waals surface area contributed by atoms with E-state index in [1.165, 1.54) is 6.92 Å². The summed E-state index contributed by atoms with van der Waals surface area (Å²) < 4.78 is 0. The molecule has 2 aromatic heterocycles. The zero-order valence-corrected chi connectivity index (χ0v) is 14.8. The van der Waals surface area contributed by atoms with Gasteiger partial charge in [0.15, 0.2) is 0 Å². The molecule has 0 aliphatic rings. The van der Waals surface area contributed by atoms with Crippen LogP contribution in [0, 0.1) is 0 Å². The third-order valence-corrected chi connectivity index (χ3v) is 4.19. The lowest BCUT2D eigenvalue weighted by Gasteiger charge is -2.10. The second kappa shape index (κ2) is 7.25. The molecule has 4 aromatic rings. The van der Waals surface area contributed by atoms with Gasteiger partial charge < -0.3 is 10.6 Å². The van der Waals surface area contributed by atoms with Gasteiger partial charge in [-0.25, -0.2) is 4.98 Å². The Kier molecular flexibility index (Phi) is 4.49. The second-order valence-electron chi connectivity index (χ2n) is 6.19. The van der Waals surface area contributed by atoms with E-state index in [0.717, 1.165) is 39.2 Å². The highest BCUT2D eigenvalue weighted by atomic mass is 16.1. The summed E-state index contributed by atoms with van der Waals surface area (Å²) >= 11 is 0. The Balaban J connectivity index is 1.70. The predicted octanol–water partition coefficient (Wildman–Crippen LogP) is 5.00. The first-order valence-electron chi connectivity index (χ1n) is 8.64. The molecule has 2 N–H and O–H groups in total. The number of nitrogens with one attached hydrogen (secondary N) is 2. The minimum Gasteiger partial charge on any atom is -0.340 e. The molecule has 0 saturated heterocycles. The summed E-state index contributed by atoms with van der Waals surface area (Å²) in [5.41, 5.74) is 4.68. The number of amides is 1. The summed E-state index contributed by atoms with van der Waals surface area (Å²) in [4.78, 5) is 20.1. The smallest absolute Gasteiger partial charge is 0.221 e. The highest BCUT2D eigenvalue weighted by Crippen LogP contribution is 2.29. The molecular weight excluding hydrogens is 336 g/mol. The average Bonchev–Trinajstić information content (AvgIpc) is 2.69. The first-order valence-corrected chi connectivity index (χ1v) is 8.64. The maximum absolute atomic E-state index is 11.2. The number of aromatic nitrogens is 2. The Bertz CT molecular complexity index is 1090. The molecule has 0 atom stereocenters. The van der Waals surface area contributed by atoms with E-state index in [1.807, 2.05) is 66.9 Å². The molecule has 4 rings (SSSR count). The van der Waals surface area contributed by atoms with Crippen molar-refractivity contribution in [2.45, 2.75) is 6.92 Å². The molecule has 132 valence electrons. The van der Waals surface area contributed by atoms with Crippen LogP contribution >= 0.6 is 0 Å². The van der Waals surface area contributed by atoms with Gasteiger partial charge in [0, 0.05) is 41.6 Å². The number of hydrogen-bond acceptors (Lipinski definition) is 4. The van der Waals surface area contributed by atoms with Crippen LogP contribution < -0.4 is 10.6 Å². The van der Waals surface area contributed by atoms with Crippen molar-refractivity contribution in [2.75, 3.05) is 10.6 Å². The Morgan fingerprint density at radius 1 is 0.889 bits per heavy atom. The van der Waals surface area contributed by atoms with Gasteiger partial charge in [0.2, 0.25) is 5.91 Å².